The first-order valence-corrected chi connectivity index (χ1v) is 13.0. The Kier molecular flexibility index (Phi) is 9.12. The molecule has 3 aliphatic rings. The molecule has 166 valence electrons. The third-order valence-electron chi connectivity index (χ3n) is 9.07. The molecule has 2 heteroatoms. The van der Waals surface area contributed by atoms with E-state index >= 15 is 0 Å². The summed E-state index contributed by atoms with van der Waals surface area (Å²) in [5.41, 5.74) is 0. The normalized spacial score (nSPS) is 35.8. The number of hydrogen-bond acceptors (Lipinski definition) is 1. The Balaban J connectivity index is 1.34. The summed E-state index contributed by atoms with van der Waals surface area (Å²) in [7, 11) is 1.96. The zero-order valence-corrected chi connectivity index (χ0v) is 19.4. The number of nitrogens with zero attached hydrogens (tertiary/aromatic N) is 1. The van der Waals surface area contributed by atoms with Gasteiger partial charge in [0.15, 0.2) is 0 Å². The summed E-state index contributed by atoms with van der Waals surface area (Å²) in [6.45, 7) is 5.96. The predicted octanol–water partition coefficient (Wildman–Crippen LogP) is 7.38. The number of carbonyl (C=O) groups excluding carboxylic acids is 1. The largest absolute Gasteiger partial charge is 0.339 e. The first-order valence-electron chi connectivity index (χ1n) is 13.0. The maximum Gasteiger partial charge on any atom is 0.245 e. The van der Waals surface area contributed by atoms with E-state index in [-0.39, 0.29) is 5.91 Å². The van der Waals surface area contributed by atoms with Crippen LogP contribution in [0.2, 0.25) is 0 Å². The summed E-state index contributed by atoms with van der Waals surface area (Å²) in [5, 5.41) is 0. The van der Waals surface area contributed by atoms with Gasteiger partial charge in [-0.25, -0.2) is 0 Å². The van der Waals surface area contributed by atoms with E-state index < -0.39 is 0 Å². The summed E-state index contributed by atoms with van der Waals surface area (Å²) in [5.74, 6) is 5.12. The Morgan fingerprint density at radius 2 is 1.24 bits per heavy atom. The molecule has 0 bridgehead atoms. The van der Waals surface area contributed by atoms with E-state index in [1.54, 1.807) is 0 Å². The van der Waals surface area contributed by atoms with Crippen molar-refractivity contribution in [2.24, 2.45) is 29.6 Å². The van der Waals surface area contributed by atoms with Crippen LogP contribution >= 0.6 is 0 Å². The van der Waals surface area contributed by atoms with Crippen LogP contribution in [-0.2, 0) is 4.79 Å². The molecule has 3 rings (SSSR count). The van der Waals surface area contributed by atoms with Gasteiger partial charge in [0.25, 0.3) is 0 Å². The number of hydrogen-bond donors (Lipinski definition) is 0. The van der Waals surface area contributed by atoms with Gasteiger partial charge in [0.05, 0.1) is 0 Å². The Bertz CT molecular complexity index is 491. The first kappa shape index (κ1) is 22.9. The molecule has 0 saturated heterocycles. The van der Waals surface area contributed by atoms with Crippen LogP contribution in [0.15, 0.2) is 12.7 Å². The lowest BCUT2D eigenvalue weighted by atomic mass is 9.65. The molecule has 0 unspecified atom stereocenters. The molecule has 3 saturated carbocycles. The van der Waals surface area contributed by atoms with Crippen LogP contribution in [0.25, 0.3) is 0 Å². The highest BCUT2D eigenvalue weighted by atomic mass is 16.2. The smallest absolute Gasteiger partial charge is 0.245 e. The lowest BCUT2D eigenvalue weighted by molar-refractivity contribution is -0.127. The van der Waals surface area contributed by atoms with Crippen LogP contribution in [0.3, 0.4) is 0 Å². The van der Waals surface area contributed by atoms with E-state index in [0.717, 1.165) is 29.6 Å². The van der Waals surface area contributed by atoms with Crippen molar-refractivity contribution < 1.29 is 4.79 Å². The monoisotopic (exact) mass is 401 g/mol. The van der Waals surface area contributed by atoms with Gasteiger partial charge in [-0.3, -0.25) is 4.79 Å². The van der Waals surface area contributed by atoms with Crippen molar-refractivity contribution in [3.05, 3.63) is 12.7 Å². The number of amides is 1. The summed E-state index contributed by atoms with van der Waals surface area (Å²) in [6, 6.07) is 0.445. The van der Waals surface area contributed by atoms with Crippen molar-refractivity contribution in [1.82, 2.24) is 4.90 Å². The van der Waals surface area contributed by atoms with Crippen molar-refractivity contribution in [2.45, 2.75) is 116 Å². The van der Waals surface area contributed by atoms with Crippen molar-refractivity contribution in [2.75, 3.05) is 7.05 Å². The molecule has 0 heterocycles. The minimum atomic E-state index is 0.0917. The van der Waals surface area contributed by atoms with E-state index in [9.17, 15) is 4.79 Å². The molecule has 0 aromatic carbocycles. The van der Waals surface area contributed by atoms with Crippen LogP contribution in [0.4, 0.5) is 0 Å². The quantitative estimate of drug-likeness (QED) is 0.307. The van der Waals surface area contributed by atoms with Gasteiger partial charge >= 0.3 is 0 Å². The predicted molar refractivity (Wildman–Crippen MR) is 124 cm³/mol. The Labute approximate surface area is 180 Å². The van der Waals surface area contributed by atoms with E-state index in [1.807, 2.05) is 11.9 Å². The molecule has 0 aromatic rings. The van der Waals surface area contributed by atoms with Gasteiger partial charge in [-0.05, 0) is 99.9 Å². The van der Waals surface area contributed by atoms with E-state index in [1.165, 1.54) is 109 Å². The highest BCUT2D eigenvalue weighted by Crippen LogP contribution is 2.46. The molecule has 2 nitrogen and oxygen atoms in total. The molecule has 0 aliphatic heterocycles. The highest BCUT2D eigenvalue weighted by molar-refractivity contribution is 5.87. The molecular formula is C27H47NO. The standard InChI is InChI=1S/C27H47NO/c1-4-6-7-8-21-9-11-22(12-10-21)23-13-15-24(16-14-23)25-17-19-26(20-18-25)28(3)27(29)5-2/h5,21-26H,2,4,6-20H2,1,3H3. The molecule has 1 amide bonds. The third kappa shape index (κ3) is 6.34. The van der Waals surface area contributed by atoms with Crippen molar-refractivity contribution in [3.63, 3.8) is 0 Å². The average Bonchev–Trinajstić information content (AvgIpc) is 2.79. The molecule has 3 fully saturated rings. The SMILES string of the molecule is C=CC(=O)N(C)C1CCC(C2CCC(C3CCC(CCCCC)CC3)CC2)CC1. The zero-order chi connectivity index (χ0) is 20.6. The van der Waals surface area contributed by atoms with Gasteiger partial charge in [-0.15, -0.1) is 0 Å². The molecule has 29 heavy (non-hydrogen) atoms. The topological polar surface area (TPSA) is 20.3 Å². The fourth-order valence-corrected chi connectivity index (χ4v) is 7.00. The number of unbranched alkanes of at least 4 members (excludes halogenated alkanes) is 2. The van der Waals surface area contributed by atoms with Gasteiger partial charge in [0.1, 0.15) is 0 Å². The first-order chi connectivity index (χ1) is 14.1. The summed E-state index contributed by atoms with van der Waals surface area (Å²) in [4.78, 5) is 13.8. The van der Waals surface area contributed by atoms with Crippen LogP contribution in [0.5, 0.6) is 0 Å². The maximum atomic E-state index is 11.9. The van der Waals surface area contributed by atoms with Crippen LogP contribution in [-0.4, -0.2) is 23.9 Å². The summed E-state index contributed by atoms with van der Waals surface area (Å²) < 4.78 is 0. The molecule has 0 atom stereocenters. The minimum Gasteiger partial charge on any atom is -0.339 e. The van der Waals surface area contributed by atoms with Gasteiger partial charge in [0.2, 0.25) is 5.91 Å². The van der Waals surface area contributed by atoms with E-state index in [2.05, 4.69) is 13.5 Å². The molecular weight excluding hydrogens is 354 g/mol. The highest BCUT2D eigenvalue weighted by Gasteiger charge is 2.35. The molecule has 0 spiro atoms. The van der Waals surface area contributed by atoms with Gasteiger partial charge in [-0.1, -0.05) is 52.0 Å². The third-order valence-corrected chi connectivity index (χ3v) is 9.07. The van der Waals surface area contributed by atoms with Crippen molar-refractivity contribution >= 4 is 5.91 Å². The molecule has 0 N–H and O–H groups in total. The molecule has 3 aliphatic carbocycles. The summed E-state index contributed by atoms with van der Waals surface area (Å²) >= 11 is 0. The second-order valence-electron chi connectivity index (χ2n) is 10.7. The molecule has 0 aromatic heterocycles. The van der Waals surface area contributed by atoms with Gasteiger partial charge in [-0.2, -0.15) is 0 Å². The minimum absolute atomic E-state index is 0.0917. The van der Waals surface area contributed by atoms with E-state index in [0.29, 0.717) is 6.04 Å². The van der Waals surface area contributed by atoms with Crippen molar-refractivity contribution in [1.29, 1.82) is 0 Å². The van der Waals surface area contributed by atoms with Crippen LogP contribution in [0.1, 0.15) is 110 Å². The van der Waals surface area contributed by atoms with Crippen LogP contribution in [0, 0.1) is 29.6 Å². The number of rotatable bonds is 8. The van der Waals surface area contributed by atoms with Gasteiger partial charge in [0, 0.05) is 13.1 Å². The molecule has 0 radical (unpaired) electrons. The second kappa shape index (κ2) is 11.6. The van der Waals surface area contributed by atoms with Crippen molar-refractivity contribution in [3.8, 4) is 0 Å². The Hall–Kier alpha value is -0.790. The lowest BCUT2D eigenvalue weighted by Crippen LogP contribution is -2.40. The van der Waals surface area contributed by atoms with E-state index in [4.69, 9.17) is 0 Å². The number of carbonyl (C=O) groups is 1. The second-order valence-corrected chi connectivity index (χ2v) is 10.7. The lowest BCUT2D eigenvalue weighted by Gasteiger charge is -2.42. The Morgan fingerprint density at radius 3 is 1.69 bits per heavy atom. The average molecular weight is 402 g/mol. The Morgan fingerprint density at radius 1 is 0.793 bits per heavy atom. The van der Waals surface area contributed by atoms with Crippen LogP contribution < -0.4 is 0 Å². The van der Waals surface area contributed by atoms with Gasteiger partial charge < -0.3 is 4.90 Å². The summed E-state index contributed by atoms with van der Waals surface area (Å²) in [6.07, 6.45) is 24.4. The number of likely N-dealkylation sites (N-methyl/N-ethyl adjacent to an activating group) is 1. The fourth-order valence-electron chi connectivity index (χ4n) is 7.00. The fraction of sp³-hybridized carbons (Fsp3) is 0.889. The maximum absolute atomic E-state index is 11.9. The zero-order valence-electron chi connectivity index (χ0n) is 19.4.